The van der Waals surface area contributed by atoms with Crippen molar-refractivity contribution >= 4 is 5.91 Å². The number of imidazole rings is 1. The molecule has 1 saturated heterocycles. The number of rotatable bonds is 6. The van der Waals surface area contributed by atoms with Crippen LogP contribution in [-0.2, 0) is 16.0 Å². The Labute approximate surface area is 107 Å². The number of H-pyrrole nitrogens is 1. The number of amides is 1. The van der Waals surface area contributed by atoms with E-state index in [0.29, 0.717) is 13.0 Å². The third kappa shape index (κ3) is 4.49. The highest BCUT2D eigenvalue weighted by molar-refractivity contribution is 5.75. The summed E-state index contributed by atoms with van der Waals surface area (Å²) in [5.41, 5.74) is 1.05. The molecule has 2 N–H and O–H groups in total. The average Bonchev–Trinajstić information content (AvgIpc) is 2.91. The van der Waals surface area contributed by atoms with Crippen molar-refractivity contribution in [1.82, 2.24) is 15.3 Å². The predicted octanol–water partition coefficient (Wildman–Crippen LogP) is 1.42. The van der Waals surface area contributed by atoms with Gasteiger partial charge in [0.25, 0.3) is 0 Å². The molecule has 1 amide bonds. The van der Waals surface area contributed by atoms with Gasteiger partial charge in [0, 0.05) is 37.9 Å². The fourth-order valence-electron chi connectivity index (χ4n) is 2.17. The molecule has 0 saturated carbocycles. The summed E-state index contributed by atoms with van der Waals surface area (Å²) >= 11 is 0. The maximum absolute atomic E-state index is 11.6. The summed E-state index contributed by atoms with van der Waals surface area (Å²) in [6.07, 6.45) is 9.41. The Morgan fingerprint density at radius 1 is 1.56 bits per heavy atom. The van der Waals surface area contributed by atoms with Crippen molar-refractivity contribution in [2.45, 2.75) is 44.6 Å². The van der Waals surface area contributed by atoms with Crippen LogP contribution in [-0.4, -0.2) is 35.1 Å². The van der Waals surface area contributed by atoms with Crippen LogP contribution in [0, 0.1) is 0 Å². The van der Waals surface area contributed by atoms with Crippen molar-refractivity contribution in [2.75, 3.05) is 13.2 Å². The molecule has 100 valence electrons. The van der Waals surface area contributed by atoms with Gasteiger partial charge in [0.15, 0.2) is 0 Å². The van der Waals surface area contributed by atoms with E-state index in [0.717, 1.165) is 38.0 Å². The Bertz CT molecular complexity index is 345. The van der Waals surface area contributed by atoms with E-state index in [1.165, 1.54) is 6.42 Å². The van der Waals surface area contributed by atoms with Crippen LogP contribution in [0.2, 0.25) is 0 Å². The molecule has 0 radical (unpaired) electrons. The highest BCUT2D eigenvalue weighted by Gasteiger charge is 2.14. The lowest BCUT2D eigenvalue weighted by atomic mass is 10.0. The molecular formula is C13H21N3O2. The minimum Gasteiger partial charge on any atom is -0.378 e. The first kappa shape index (κ1) is 13.1. The number of hydrogen-bond acceptors (Lipinski definition) is 3. The van der Waals surface area contributed by atoms with Crippen LogP contribution in [0.15, 0.2) is 12.5 Å². The highest BCUT2D eigenvalue weighted by Crippen LogP contribution is 2.16. The third-order valence-corrected chi connectivity index (χ3v) is 3.24. The molecule has 1 unspecified atom stereocenters. The molecule has 5 nitrogen and oxygen atoms in total. The second kappa shape index (κ2) is 7.16. The number of aromatic nitrogens is 2. The monoisotopic (exact) mass is 251 g/mol. The molecule has 2 rings (SSSR count). The van der Waals surface area contributed by atoms with Gasteiger partial charge >= 0.3 is 0 Å². The minimum absolute atomic E-state index is 0.115. The van der Waals surface area contributed by atoms with Gasteiger partial charge in [-0.3, -0.25) is 4.79 Å². The van der Waals surface area contributed by atoms with Crippen LogP contribution in [0.25, 0.3) is 0 Å². The number of ether oxygens (including phenoxy) is 1. The van der Waals surface area contributed by atoms with Crippen LogP contribution in [0.3, 0.4) is 0 Å². The van der Waals surface area contributed by atoms with Crippen LogP contribution in [0.4, 0.5) is 0 Å². The lowest BCUT2D eigenvalue weighted by molar-refractivity contribution is -0.122. The minimum atomic E-state index is 0.115. The second-order valence-electron chi connectivity index (χ2n) is 4.70. The second-order valence-corrected chi connectivity index (χ2v) is 4.70. The number of carbonyl (C=O) groups excluding carboxylic acids is 1. The van der Waals surface area contributed by atoms with Crippen LogP contribution in [0.1, 0.15) is 37.8 Å². The van der Waals surface area contributed by atoms with Crippen molar-refractivity contribution in [3.63, 3.8) is 0 Å². The molecule has 1 aliphatic rings. The van der Waals surface area contributed by atoms with E-state index < -0.39 is 0 Å². The summed E-state index contributed by atoms with van der Waals surface area (Å²) in [6.45, 7) is 1.51. The third-order valence-electron chi connectivity index (χ3n) is 3.24. The number of nitrogens with zero attached hydrogens (tertiary/aromatic N) is 1. The molecule has 1 aromatic rings. The smallest absolute Gasteiger partial charge is 0.220 e. The lowest BCUT2D eigenvalue weighted by Gasteiger charge is -2.22. The molecule has 0 spiro atoms. The van der Waals surface area contributed by atoms with E-state index in [-0.39, 0.29) is 12.0 Å². The molecule has 1 aliphatic heterocycles. The summed E-state index contributed by atoms with van der Waals surface area (Å²) in [5.74, 6) is 0.115. The molecule has 1 aromatic heterocycles. The topological polar surface area (TPSA) is 67.0 Å². The first-order chi connectivity index (χ1) is 8.84. The summed E-state index contributed by atoms with van der Waals surface area (Å²) in [7, 11) is 0. The SMILES string of the molecule is O=C(CCC1CCCCO1)NCCc1cnc[nH]1. The van der Waals surface area contributed by atoms with Crippen molar-refractivity contribution in [3.05, 3.63) is 18.2 Å². The zero-order chi connectivity index (χ0) is 12.6. The van der Waals surface area contributed by atoms with Gasteiger partial charge in [-0.05, 0) is 25.7 Å². The first-order valence-electron chi connectivity index (χ1n) is 6.70. The number of nitrogens with one attached hydrogen (secondary N) is 2. The predicted molar refractivity (Wildman–Crippen MR) is 68.1 cm³/mol. The van der Waals surface area contributed by atoms with Crippen molar-refractivity contribution in [2.24, 2.45) is 0 Å². The van der Waals surface area contributed by atoms with Crippen LogP contribution < -0.4 is 5.32 Å². The molecule has 0 bridgehead atoms. The van der Waals surface area contributed by atoms with Gasteiger partial charge in [-0.25, -0.2) is 4.98 Å². The Morgan fingerprint density at radius 3 is 3.22 bits per heavy atom. The van der Waals surface area contributed by atoms with Gasteiger partial charge in [0.2, 0.25) is 5.91 Å². The maximum Gasteiger partial charge on any atom is 0.220 e. The fourth-order valence-corrected chi connectivity index (χ4v) is 2.17. The van der Waals surface area contributed by atoms with Crippen LogP contribution in [0.5, 0.6) is 0 Å². The Kier molecular flexibility index (Phi) is 5.20. The van der Waals surface area contributed by atoms with Gasteiger partial charge in [0.05, 0.1) is 12.4 Å². The normalized spacial score (nSPS) is 19.7. The van der Waals surface area contributed by atoms with Gasteiger partial charge in [-0.1, -0.05) is 0 Å². The summed E-state index contributed by atoms with van der Waals surface area (Å²) in [6, 6.07) is 0. The number of hydrogen-bond donors (Lipinski definition) is 2. The summed E-state index contributed by atoms with van der Waals surface area (Å²) < 4.78 is 5.60. The standard InChI is InChI=1S/C13H21N3O2/c17-13(5-4-12-3-1-2-8-18-12)15-7-6-11-9-14-10-16-11/h9-10,12H,1-8H2,(H,14,16)(H,15,17). The first-order valence-corrected chi connectivity index (χ1v) is 6.70. The van der Waals surface area contributed by atoms with E-state index in [9.17, 15) is 4.79 Å². The molecule has 5 heteroatoms. The van der Waals surface area contributed by atoms with E-state index >= 15 is 0 Å². The maximum atomic E-state index is 11.6. The Morgan fingerprint density at radius 2 is 2.50 bits per heavy atom. The molecule has 18 heavy (non-hydrogen) atoms. The molecule has 0 aliphatic carbocycles. The lowest BCUT2D eigenvalue weighted by Crippen LogP contribution is -2.28. The van der Waals surface area contributed by atoms with Crippen molar-refractivity contribution < 1.29 is 9.53 Å². The van der Waals surface area contributed by atoms with E-state index in [2.05, 4.69) is 15.3 Å². The average molecular weight is 251 g/mol. The van der Waals surface area contributed by atoms with E-state index in [4.69, 9.17) is 4.74 Å². The summed E-state index contributed by atoms with van der Waals surface area (Å²) in [4.78, 5) is 18.6. The molecular weight excluding hydrogens is 230 g/mol. The largest absolute Gasteiger partial charge is 0.378 e. The van der Waals surface area contributed by atoms with Gasteiger partial charge in [0.1, 0.15) is 0 Å². The van der Waals surface area contributed by atoms with Gasteiger partial charge in [-0.2, -0.15) is 0 Å². The quantitative estimate of drug-likeness (QED) is 0.803. The number of carbonyl (C=O) groups is 1. The van der Waals surface area contributed by atoms with Crippen LogP contribution >= 0.6 is 0 Å². The van der Waals surface area contributed by atoms with E-state index in [1.807, 2.05) is 0 Å². The molecule has 2 heterocycles. The number of aromatic amines is 1. The Hall–Kier alpha value is -1.36. The Balaban J connectivity index is 1.54. The molecule has 1 atom stereocenters. The van der Waals surface area contributed by atoms with E-state index in [1.54, 1.807) is 12.5 Å². The zero-order valence-electron chi connectivity index (χ0n) is 10.7. The summed E-state index contributed by atoms with van der Waals surface area (Å²) in [5, 5.41) is 2.92. The highest BCUT2D eigenvalue weighted by atomic mass is 16.5. The molecule has 1 fully saturated rings. The fraction of sp³-hybridized carbons (Fsp3) is 0.692. The van der Waals surface area contributed by atoms with Crippen molar-refractivity contribution in [1.29, 1.82) is 0 Å². The zero-order valence-corrected chi connectivity index (χ0v) is 10.7. The molecule has 0 aromatic carbocycles. The van der Waals surface area contributed by atoms with Gasteiger partial charge in [-0.15, -0.1) is 0 Å². The van der Waals surface area contributed by atoms with Crippen molar-refractivity contribution in [3.8, 4) is 0 Å². The van der Waals surface area contributed by atoms with Gasteiger partial charge < -0.3 is 15.0 Å².